The van der Waals surface area contributed by atoms with Gasteiger partial charge in [0, 0.05) is 9.79 Å². The van der Waals surface area contributed by atoms with Gasteiger partial charge in [0.25, 0.3) is 0 Å². The maximum atomic E-state index is 6.67. The average molecular weight is 551 g/mol. The molecule has 5 aromatic rings. The molecule has 2 aliphatic heterocycles. The fourth-order valence-electron chi connectivity index (χ4n) is 6.95. The topological polar surface area (TPSA) is 18.5 Å². The predicted octanol–water partition coefficient (Wildman–Crippen LogP) is 8.48. The molecule has 5 aromatic carbocycles. The van der Waals surface area contributed by atoms with Crippen molar-refractivity contribution in [2.75, 3.05) is 0 Å². The summed E-state index contributed by atoms with van der Waals surface area (Å²) in [6.07, 6.45) is 0. The van der Waals surface area contributed by atoms with Gasteiger partial charge in [0.15, 0.2) is 0 Å². The molecule has 1 spiro atoms. The minimum atomic E-state index is -0.451. The lowest BCUT2D eigenvalue weighted by Crippen LogP contribution is -2.41. The van der Waals surface area contributed by atoms with Gasteiger partial charge >= 0.3 is 7.12 Å². The van der Waals surface area contributed by atoms with Gasteiger partial charge in [0.2, 0.25) is 0 Å². The molecule has 0 atom stereocenters. The maximum Gasteiger partial charge on any atom is 0.495 e. The van der Waals surface area contributed by atoms with Crippen molar-refractivity contribution in [3.8, 4) is 22.3 Å². The van der Waals surface area contributed by atoms with Crippen molar-refractivity contribution in [3.05, 3.63) is 138 Å². The number of benzene rings is 5. The lowest BCUT2D eigenvalue weighted by molar-refractivity contribution is 0.00578. The number of hydrogen-bond donors (Lipinski definition) is 0. The summed E-state index contributed by atoms with van der Waals surface area (Å²) in [6, 6.07) is 42.3. The summed E-state index contributed by atoms with van der Waals surface area (Å²) in [7, 11) is -0.449. The third-order valence-corrected chi connectivity index (χ3v) is 10.8. The van der Waals surface area contributed by atoms with Crippen LogP contribution in [-0.2, 0) is 14.7 Å². The molecule has 2 heterocycles. The molecule has 1 aliphatic carbocycles. The van der Waals surface area contributed by atoms with Crippen LogP contribution in [0.15, 0.2) is 125 Å². The van der Waals surface area contributed by atoms with Gasteiger partial charge in [-0.2, -0.15) is 0 Å². The van der Waals surface area contributed by atoms with E-state index in [0.717, 1.165) is 5.46 Å². The standard InChI is InChI=1S/C37H31BO2S/c1-35(2)36(3,4)40-38(39-35)31-18-12-17-29-34(31)26-22-21-25(24-13-6-5-7-14-24)23-30(26)37(29)27-15-8-10-19-32(27)41-33-20-11-9-16-28(33)37/h5-23H,1-4H3. The zero-order valence-corrected chi connectivity index (χ0v) is 24.6. The minimum absolute atomic E-state index is 0.419. The Morgan fingerprint density at radius 2 is 1.12 bits per heavy atom. The molecule has 0 unspecified atom stereocenters. The first-order valence-corrected chi connectivity index (χ1v) is 15.2. The number of hydrogen-bond acceptors (Lipinski definition) is 3. The molecular weight excluding hydrogens is 519 g/mol. The first-order chi connectivity index (χ1) is 19.8. The fourth-order valence-corrected chi connectivity index (χ4v) is 8.14. The van der Waals surface area contributed by atoms with Crippen LogP contribution in [0.2, 0.25) is 0 Å². The monoisotopic (exact) mass is 550 g/mol. The van der Waals surface area contributed by atoms with Crippen LogP contribution in [0.1, 0.15) is 49.9 Å². The van der Waals surface area contributed by atoms with E-state index >= 15 is 0 Å². The summed E-state index contributed by atoms with van der Waals surface area (Å²) in [5.41, 5.74) is 10.0. The molecule has 1 fully saturated rings. The van der Waals surface area contributed by atoms with E-state index in [1.807, 2.05) is 11.8 Å². The zero-order chi connectivity index (χ0) is 28.0. The van der Waals surface area contributed by atoms with E-state index in [4.69, 9.17) is 9.31 Å². The van der Waals surface area contributed by atoms with Gasteiger partial charge in [-0.15, -0.1) is 0 Å². The SMILES string of the molecule is CC1(C)OB(c2cccc3c2-c2ccc(-c4ccccc4)cc2C32c3ccccc3Sc3ccccc32)OC1(C)C. The molecule has 41 heavy (non-hydrogen) atoms. The second kappa shape index (κ2) is 8.72. The van der Waals surface area contributed by atoms with Crippen molar-refractivity contribution in [1.29, 1.82) is 0 Å². The van der Waals surface area contributed by atoms with Gasteiger partial charge in [-0.3, -0.25) is 0 Å². The second-order valence-corrected chi connectivity index (χ2v) is 13.4. The third-order valence-electron chi connectivity index (χ3n) is 9.61. The molecule has 1 saturated heterocycles. The van der Waals surface area contributed by atoms with E-state index in [0.29, 0.717) is 0 Å². The van der Waals surface area contributed by atoms with Crippen LogP contribution >= 0.6 is 11.8 Å². The Labute approximate surface area is 246 Å². The Bertz CT molecular complexity index is 1780. The van der Waals surface area contributed by atoms with Gasteiger partial charge in [-0.1, -0.05) is 109 Å². The molecule has 0 radical (unpaired) electrons. The minimum Gasteiger partial charge on any atom is -0.399 e. The van der Waals surface area contributed by atoms with Gasteiger partial charge < -0.3 is 9.31 Å². The third kappa shape index (κ3) is 3.42. The van der Waals surface area contributed by atoms with Crippen molar-refractivity contribution in [2.45, 2.75) is 54.1 Å². The van der Waals surface area contributed by atoms with Crippen molar-refractivity contribution in [2.24, 2.45) is 0 Å². The Kier molecular flexibility index (Phi) is 5.35. The van der Waals surface area contributed by atoms with E-state index in [1.54, 1.807) is 0 Å². The van der Waals surface area contributed by atoms with E-state index < -0.39 is 23.7 Å². The summed E-state index contributed by atoms with van der Waals surface area (Å²) < 4.78 is 13.3. The maximum absolute atomic E-state index is 6.67. The highest BCUT2D eigenvalue weighted by molar-refractivity contribution is 7.99. The summed E-state index contributed by atoms with van der Waals surface area (Å²) in [5.74, 6) is 0. The summed E-state index contributed by atoms with van der Waals surface area (Å²) in [4.78, 5) is 2.60. The molecule has 0 N–H and O–H groups in total. The largest absolute Gasteiger partial charge is 0.495 e. The summed E-state index contributed by atoms with van der Waals surface area (Å²) in [5, 5.41) is 0. The van der Waals surface area contributed by atoms with E-state index in [9.17, 15) is 0 Å². The van der Waals surface area contributed by atoms with Gasteiger partial charge in [-0.25, -0.2) is 0 Å². The first-order valence-electron chi connectivity index (χ1n) is 14.4. The molecule has 4 heteroatoms. The summed E-state index contributed by atoms with van der Waals surface area (Å²) in [6.45, 7) is 8.51. The van der Waals surface area contributed by atoms with Gasteiger partial charge in [0.1, 0.15) is 0 Å². The molecule has 0 bridgehead atoms. The van der Waals surface area contributed by atoms with E-state index in [1.165, 1.54) is 54.3 Å². The van der Waals surface area contributed by atoms with E-state index in [2.05, 4.69) is 143 Å². The number of rotatable bonds is 2. The molecular formula is C37H31BO2S. The van der Waals surface area contributed by atoms with Crippen LogP contribution in [0.25, 0.3) is 22.3 Å². The van der Waals surface area contributed by atoms with E-state index in [-0.39, 0.29) is 0 Å². The van der Waals surface area contributed by atoms with Gasteiger partial charge in [-0.05, 0) is 95.9 Å². The summed E-state index contributed by atoms with van der Waals surface area (Å²) >= 11 is 1.87. The molecule has 8 rings (SSSR count). The van der Waals surface area contributed by atoms with Crippen molar-refractivity contribution in [3.63, 3.8) is 0 Å². The zero-order valence-electron chi connectivity index (χ0n) is 23.8. The normalized spacial score (nSPS) is 18.5. The molecule has 0 aromatic heterocycles. The van der Waals surface area contributed by atoms with Crippen molar-refractivity contribution < 1.29 is 9.31 Å². The highest BCUT2D eigenvalue weighted by Crippen LogP contribution is 2.62. The van der Waals surface area contributed by atoms with Crippen LogP contribution in [-0.4, -0.2) is 18.3 Å². The van der Waals surface area contributed by atoms with Crippen LogP contribution in [0.4, 0.5) is 0 Å². The van der Waals surface area contributed by atoms with Crippen molar-refractivity contribution >= 4 is 24.3 Å². The number of fused-ring (bicyclic) bond motifs is 9. The lowest BCUT2D eigenvalue weighted by Gasteiger charge is -2.39. The lowest BCUT2D eigenvalue weighted by atomic mass is 9.66. The molecule has 3 aliphatic rings. The fraction of sp³-hybridized carbons (Fsp3) is 0.189. The predicted molar refractivity (Wildman–Crippen MR) is 169 cm³/mol. The van der Waals surface area contributed by atoms with Gasteiger partial charge in [0.05, 0.1) is 16.6 Å². The molecule has 0 saturated carbocycles. The van der Waals surface area contributed by atoms with Crippen LogP contribution in [0.3, 0.4) is 0 Å². The molecule has 0 amide bonds. The Morgan fingerprint density at radius 3 is 1.78 bits per heavy atom. The Balaban J connectivity index is 1.48. The smallest absolute Gasteiger partial charge is 0.399 e. The molecule has 200 valence electrons. The highest BCUT2D eigenvalue weighted by Gasteiger charge is 2.55. The molecule has 2 nitrogen and oxygen atoms in total. The average Bonchev–Trinajstić information content (AvgIpc) is 3.40. The highest BCUT2D eigenvalue weighted by atomic mass is 32.2. The Morgan fingerprint density at radius 1 is 0.537 bits per heavy atom. The quantitative estimate of drug-likeness (QED) is 0.201. The van der Waals surface area contributed by atoms with Crippen LogP contribution in [0, 0.1) is 0 Å². The first kappa shape index (κ1) is 25.2. The second-order valence-electron chi connectivity index (χ2n) is 12.3. The Hall–Kier alpha value is -3.57. The van der Waals surface area contributed by atoms with Crippen LogP contribution in [0.5, 0.6) is 0 Å². The van der Waals surface area contributed by atoms with Crippen molar-refractivity contribution in [1.82, 2.24) is 0 Å². The van der Waals surface area contributed by atoms with Crippen LogP contribution < -0.4 is 5.46 Å².